The third kappa shape index (κ3) is 17.7. The van der Waals surface area contributed by atoms with Gasteiger partial charge in [0.05, 0.1) is 19.6 Å². The van der Waals surface area contributed by atoms with E-state index in [4.69, 9.17) is 4.74 Å². The largest absolute Gasteiger partial charge is 0.390 e. The number of alkyl halides is 3. The highest BCUT2D eigenvalue weighted by molar-refractivity contribution is 14.0. The first-order chi connectivity index (χ1) is 9.35. The van der Waals surface area contributed by atoms with Gasteiger partial charge in [0.2, 0.25) is 0 Å². The Kier molecular flexibility index (Phi) is 14.7. The van der Waals surface area contributed by atoms with Gasteiger partial charge in [-0.3, -0.25) is 4.99 Å². The maximum Gasteiger partial charge on any atom is 0.390 e. The summed E-state index contributed by atoms with van der Waals surface area (Å²) >= 11 is 0. The van der Waals surface area contributed by atoms with Crippen molar-refractivity contribution in [3.05, 3.63) is 0 Å². The number of hydrogen-bond acceptors (Lipinski definition) is 2. The Labute approximate surface area is 142 Å². The summed E-state index contributed by atoms with van der Waals surface area (Å²) < 4.78 is 41.5. The molecule has 2 N–H and O–H groups in total. The van der Waals surface area contributed by atoms with Gasteiger partial charge in [-0.25, -0.2) is 0 Å². The number of hydrogen-bond donors (Lipinski definition) is 2. The van der Waals surface area contributed by atoms with E-state index in [-0.39, 0.29) is 30.5 Å². The van der Waals surface area contributed by atoms with Gasteiger partial charge in [-0.15, -0.1) is 24.0 Å². The Morgan fingerprint density at radius 3 is 2.38 bits per heavy atom. The van der Waals surface area contributed by atoms with E-state index in [1.165, 1.54) is 0 Å². The maximum absolute atomic E-state index is 12.0. The number of rotatable bonds is 9. The van der Waals surface area contributed by atoms with Crippen LogP contribution in [0.5, 0.6) is 0 Å². The molecule has 4 nitrogen and oxygen atoms in total. The normalized spacial score (nSPS) is 12.2. The summed E-state index contributed by atoms with van der Waals surface area (Å²) in [5, 5.41) is 5.84. The van der Waals surface area contributed by atoms with Crippen LogP contribution in [0.4, 0.5) is 13.2 Å². The lowest BCUT2D eigenvalue weighted by molar-refractivity contribution is -0.132. The van der Waals surface area contributed by atoms with Crippen molar-refractivity contribution in [3.63, 3.8) is 0 Å². The van der Waals surface area contributed by atoms with E-state index in [0.29, 0.717) is 38.2 Å². The standard InChI is InChI=1S/C13H26F3N3O.HI/c1-4-17-12(18-7-6-13(14,15)16)19-8-10-20-9-5-11(2)3;/h11H,4-10H2,1-3H3,(H2,17,18,19);1H. The number of nitrogens with one attached hydrogen (secondary N) is 2. The molecule has 0 rings (SSSR count). The molecular formula is C13H27F3IN3O. The highest BCUT2D eigenvalue weighted by atomic mass is 127. The SMILES string of the molecule is CCNC(=NCCC(F)(F)F)NCCOCCC(C)C.I. The molecule has 0 unspecified atom stereocenters. The fraction of sp³-hybridized carbons (Fsp3) is 0.923. The van der Waals surface area contributed by atoms with E-state index < -0.39 is 12.6 Å². The molecule has 0 aromatic heterocycles. The predicted molar refractivity (Wildman–Crippen MR) is 90.3 cm³/mol. The molecule has 0 saturated carbocycles. The molecular weight excluding hydrogens is 398 g/mol. The second-order valence-electron chi connectivity index (χ2n) is 4.85. The Balaban J connectivity index is 0. The van der Waals surface area contributed by atoms with Crippen molar-refractivity contribution in [1.82, 2.24) is 10.6 Å². The number of ether oxygens (including phenoxy) is 1. The first-order valence-corrected chi connectivity index (χ1v) is 7.01. The summed E-state index contributed by atoms with van der Waals surface area (Å²) in [6, 6.07) is 0. The molecule has 0 aromatic rings. The average Bonchev–Trinajstić information content (AvgIpc) is 2.31. The summed E-state index contributed by atoms with van der Waals surface area (Å²) in [7, 11) is 0. The minimum absolute atomic E-state index is 0. The molecule has 0 bridgehead atoms. The molecule has 0 aliphatic carbocycles. The van der Waals surface area contributed by atoms with Crippen LogP contribution in [0.3, 0.4) is 0 Å². The van der Waals surface area contributed by atoms with Gasteiger partial charge in [-0.2, -0.15) is 13.2 Å². The molecule has 21 heavy (non-hydrogen) atoms. The Morgan fingerprint density at radius 2 is 1.86 bits per heavy atom. The molecule has 0 saturated heterocycles. The summed E-state index contributed by atoms with van der Waals surface area (Å²) in [6.07, 6.45) is -4.07. The van der Waals surface area contributed by atoms with Crippen LogP contribution < -0.4 is 10.6 Å². The van der Waals surface area contributed by atoms with E-state index in [9.17, 15) is 13.2 Å². The lowest BCUT2D eigenvalue weighted by Gasteiger charge is -2.12. The summed E-state index contributed by atoms with van der Waals surface area (Å²) in [4.78, 5) is 3.86. The van der Waals surface area contributed by atoms with E-state index >= 15 is 0 Å². The van der Waals surface area contributed by atoms with Gasteiger partial charge in [0.15, 0.2) is 5.96 Å². The lowest BCUT2D eigenvalue weighted by Crippen LogP contribution is -2.39. The topological polar surface area (TPSA) is 45.7 Å². The molecule has 0 atom stereocenters. The first-order valence-electron chi connectivity index (χ1n) is 7.01. The van der Waals surface area contributed by atoms with Crippen molar-refractivity contribution in [2.24, 2.45) is 10.9 Å². The van der Waals surface area contributed by atoms with E-state index in [2.05, 4.69) is 29.5 Å². The highest BCUT2D eigenvalue weighted by Crippen LogP contribution is 2.18. The Hall–Kier alpha value is -0.250. The number of guanidine groups is 1. The summed E-state index contributed by atoms with van der Waals surface area (Å²) in [5.41, 5.74) is 0. The van der Waals surface area contributed by atoms with Crippen LogP contribution in [0.1, 0.15) is 33.6 Å². The second-order valence-corrected chi connectivity index (χ2v) is 4.85. The quantitative estimate of drug-likeness (QED) is 0.258. The lowest BCUT2D eigenvalue weighted by atomic mass is 10.1. The van der Waals surface area contributed by atoms with Crippen LogP contribution in [-0.2, 0) is 4.74 Å². The molecule has 128 valence electrons. The molecule has 0 amide bonds. The van der Waals surface area contributed by atoms with Gasteiger partial charge < -0.3 is 15.4 Å². The molecule has 0 fully saturated rings. The van der Waals surface area contributed by atoms with Gasteiger partial charge >= 0.3 is 6.18 Å². The third-order valence-electron chi connectivity index (χ3n) is 2.39. The van der Waals surface area contributed by atoms with Crippen molar-refractivity contribution in [2.45, 2.75) is 39.8 Å². The molecule has 0 heterocycles. The van der Waals surface area contributed by atoms with Gasteiger partial charge in [-0.1, -0.05) is 13.8 Å². The van der Waals surface area contributed by atoms with Crippen LogP contribution in [0.15, 0.2) is 4.99 Å². The molecule has 0 aliphatic heterocycles. The van der Waals surface area contributed by atoms with Crippen molar-refractivity contribution < 1.29 is 17.9 Å². The average molecular weight is 425 g/mol. The zero-order valence-electron chi connectivity index (χ0n) is 12.9. The Bertz CT molecular complexity index is 274. The molecule has 0 radical (unpaired) electrons. The number of halogens is 4. The van der Waals surface area contributed by atoms with E-state index in [1.54, 1.807) is 0 Å². The van der Waals surface area contributed by atoms with Crippen molar-refractivity contribution in [2.75, 3.05) is 32.8 Å². The van der Waals surface area contributed by atoms with Gasteiger partial charge in [0, 0.05) is 19.7 Å². The number of aliphatic imine (C=N–C) groups is 1. The van der Waals surface area contributed by atoms with Crippen LogP contribution in [0, 0.1) is 5.92 Å². The smallest absolute Gasteiger partial charge is 0.380 e. The van der Waals surface area contributed by atoms with E-state index in [0.717, 1.165) is 6.42 Å². The molecule has 0 aliphatic rings. The minimum Gasteiger partial charge on any atom is -0.380 e. The fourth-order valence-electron chi connectivity index (χ4n) is 1.30. The summed E-state index contributed by atoms with van der Waals surface area (Å²) in [5.74, 6) is 0.994. The van der Waals surface area contributed by atoms with Crippen LogP contribution >= 0.6 is 24.0 Å². The van der Waals surface area contributed by atoms with Crippen LogP contribution in [0.2, 0.25) is 0 Å². The predicted octanol–water partition coefficient (Wildman–Crippen LogP) is 3.17. The summed E-state index contributed by atoms with van der Waals surface area (Å²) in [6.45, 7) is 8.17. The van der Waals surface area contributed by atoms with Crippen molar-refractivity contribution in [3.8, 4) is 0 Å². The van der Waals surface area contributed by atoms with Crippen molar-refractivity contribution in [1.29, 1.82) is 0 Å². The van der Waals surface area contributed by atoms with Crippen molar-refractivity contribution >= 4 is 29.9 Å². The molecule has 8 heteroatoms. The fourth-order valence-corrected chi connectivity index (χ4v) is 1.30. The van der Waals surface area contributed by atoms with Gasteiger partial charge in [0.1, 0.15) is 0 Å². The zero-order valence-corrected chi connectivity index (χ0v) is 15.3. The maximum atomic E-state index is 12.0. The third-order valence-corrected chi connectivity index (χ3v) is 2.39. The minimum atomic E-state index is -4.17. The van der Waals surface area contributed by atoms with Crippen LogP contribution in [0.25, 0.3) is 0 Å². The zero-order chi connectivity index (χ0) is 15.4. The van der Waals surface area contributed by atoms with Gasteiger partial charge in [-0.05, 0) is 19.3 Å². The highest BCUT2D eigenvalue weighted by Gasteiger charge is 2.26. The monoisotopic (exact) mass is 425 g/mol. The molecule has 0 aromatic carbocycles. The number of nitrogens with zero attached hydrogens (tertiary/aromatic N) is 1. The van der Waals surface area contributed by atoms with Crippen LogP contribution in [-0.4, -0.2) is 45.0 Å². The molecule has 0 spiro atoms. The van der Waals surface area contributed by atoms with Gasteiger partial charge in [0.25, 0.3) is 0 Å². The second kappa shape index (κ2) is 13.4. The first kappa shape index (κ1) is 23.0. The van der Waals surface area contributed by atoms with E-state index in [1.807, 2.05) is 6.92 Å². The Morgan fingerprint density at radius 1 is 1.19 bits per heavy atom.